The van der Waals surface area contributed by atoms with E-state index in [2.05, 4.69) is 4.98 Å². The van der Waals surface area contributed by atoms with Crippen LogP contribution >= 0.6 is 11.3 Å². The van der Waals surface area contributed by atoms with E-state index in [0.717, 1.165) is 10.8 Å². The zero-order valence-corrected chi connectivity index (χ0v) is 11.3. The Kier molecular flexibility index (Phi) is 3.52. The lowest BCUT2D eigenvalue weighted by Gasteiger charge is -2.12. The van der Waals surface area contributed by atoms with E-state index in [1.165, 1.54) is 11.3 Å². The molecule has 0 spiro atoms. The first-order valence-electron chi connectivity index (χ1n) is 5.74. The van der Waals surface area contributed by atoms with Gasteiger partial charge in [-0.25, -0.2) is 4.98 Å². The van der Waals surface area contributed by atoms with E-state index in [4.69, 9.17) is 4.42 Å². The largest absolute Gasteiger partial charge is 0.481 e. The van der Waals surface area contributed by atoms with E-state index in [1.54, 1.807) is 5.38 Å². The molecule has 0 amide bonds. The summed E-state index contributed by atoms with van der Waals surface area (Å²) in [7, 11) is 0. The van der Waals surface area contributed by atoms with Gasteiger partial charge in [0.05, 0.1) is 5.69 Å². The van der Waals surface area contributed by atoms with Gasteiger partial charge in [-0.2, -0.15) is 0 Å². The van der Waals surface area contributed by atoms with Gasteiger partial charge in [0.1, 0.15) is 11.7 Å². The summed E-state index contributed by atoms with van der Waals surface area (Å²) in [5, 5.41) is 11.7. The normalized spacial score (nSPS) is 12.9. The van der Waals surface area contributed by atoms with E-state index in [0.29, 0.717) is 11.5 Å². The van der Waals surface area contributed by atoms with Gasteiger partial charge < -0.3 is 9.52 Å². The predicted octanol–water partition coefficient (Wildman–Crippen LogP) is 3.54. The molecular weight excluding hydrogens is 250 g/mol. The molecule has 18 heavy (non-hydrogen) atoms. The van der Waals surface area contributed by atoms with Crippen molar-refractivity contribution in [3.05, 3.63) is 29.0 Å². The second-order valence-corrected chi connectivity index (χ2v) is 5.41. The summed E-state index contributed by atoms with van der Waals surface area (Å²) in [5.74, 6) is 0.122. The molecule has 0 aliphatic rings. The number of carbonyl (C=O) groups is 1. The summed E-state index contributed by atoms with van der Waals surface area (Å²) in [6, 6.07) is 3.72. The van der Waals surface area contributed by atoms with Gasteiger partial charge in [0.2, 0.25) is 0 Å². The van der Waals surface area contributed by atoms with Crippen molar-refractivity contribution in [3.63, 3.8) is 0 Å². The van der Waals surface area contributed by atoms with Crippen molar-refractivity contribution < 1.29 is 14.3 Å². The van der Waals surface area contributed by atoms with Gasteiger partial charge in [-0.3, -0.25) is 4.79 Å². The molecule has 2 aromatic heterocycles. The fraction of sp³-hybridized carbons (Fsp3) is 0.385. The predicted molar refractivity (Wildman–Crippen MR) is 69.8 cm³/mol. The van der Waals surface area contributed by atoms with E-state index in [1.807, 2.05) is 32.9 Å². The first-order chi connectivity index (χ1) is 8.49. The lowest BCUT2D eigenvalue weighted by molar-refractivity contribution is -0.139. The third kappa shape index (κ3) is 2.46. The van der Waals surface area contributed by atoms with Crippen LogP contribution in [0.2, 0.25) is 0 Å². The number of thiazole rings is 1. The van der Waals surface area contributed by atoms with Gasteiger partial charge in [-0.15, -0.1) is 11.3 Å². The lowest BCUT2D eigenvalue weighted by atomic mass is 9.93. The van der Waals surface area contributed by atoms with E-state index >= 15 is 0 Å². The smallest absolute Gasteiger partial charge is 0.312 e. The molecule has 1 unspecified atom stereocenters. The Morgan fingerprint density at radius 1 is 1.44 bits per heavy atom. The molecule has 0 radical (unpaired) electrons. The molecule has 5 heteroatoms. The van der Waals surface area contributed by atoms with Crippen molar-refractivity contribution >= 4 is 17.3 Å². The molecular formula is C13H15NO3S. The number of rotatable bonds is 4. The first-order valence-corrected chi connectivity index (χ1v) is 6.62. The first kappa shape index (κ1) is 12.8. The summed E-state index contributed by atoms with van der Waals surface area (Å²) in [6.07, 6.45) is 0. The van der Waals surface area contributed by atoms with Crippen LogP contribution in [0, 0.1) is 12.8 Å². The maximum Gasteiger partial charge on any atom is 0.312 e. The molecule has 0 bridgehead atoms. The van der Waals surface area contributed by atoms with Crippen LogP contribution in [0.4, 0.5) is 0 Å². The minimum Gasteiger partial charge on any atom is -0.481 e. The number of aromatic nitrogens is 1. The van der Waals surface area contributed by atoms with Crippen LogP contribution in [0.25, 0.3) is 10.8 Å². The molecule has 1 atom stereocenters. The highest BCUT2D eigenvalue weighted by Crippen LogP contribution is 2.31. The molecule has 0 fully saturated rings. The fourth-order valence-electron chi connectivity index (χ4n) is 1.84. The molecule has 4 nitrogen and oxygen atoms in total. The summed E-state index contributed by atoms with van der Waals surface area (Å²) in [5.41, 5.74) is 0.603. The van der Waals surface area contributed by atoms with Gasteiger partial charge in [-0.1, -0.05) is 13.8 Å². The van der Waals surface area contributed by atoms with Crippen molar-refractivity contribution in [2.24, 2.45) is 5.92 Å². The number of hydrogen-bond donors (Lipinski definition) is 1. The Labute approximate surface area is 109 Å². The van der Waals surface area contributed by atoms with Crippen LogP contribution in [0.5, 0.6) is 0 Å². The third-order valence-electron chi connectivity index (χ3n) is 2.72. The monoisotopic (exact) mass is 265 g/mol. The van der Waals surface area contributed by atoms with E-state index in [9.17, 15) is 9.90 Å². The van der Waals surface area contributed by atoms with Crippen molar-refractivity contribution in [1.82, 2.24) is 4.98 Å². The second kappa shape index (κ2) is 4.94. The number of aliphatic carboxylic acids is 1. The zero-order chi connectivity index (χ0) is 13.3. The molecule has 2 rings (SSSR count). The molecule has 0 aromatic carbocycles. The number of carboxylic acids is 1. The van der Waals surface area contributed by atoms with Crippen LogP contribution in [0.3, 0.4) is 0 Å². The van der Waals surface area contributed by atoms with Gasteiger partial charge in [0, 0.05) is 5.38 Å². The summed E-state index contributed by atoms with van der Waals surface area (Å²) in [6.45, 7) is 5.63. The number of carboxylic acid groups (broad SMARTS) is 1. The van der Waals surface area contributed by atoms with Gasteiger partial charge in [0.25, 0.3) is 0 Å². The van der Waals surface area contributed by atoms with Crippen LogP contribution in [0.1, 0.15) is 31.2 Å². The maximum atomic E-state index is 11.2. The number of hydrogen-bond acceptors (Lipinski definition) is 4. The quantitative estimate of drug-likeness (QED) is 0.918. The van der Waals surface area contributed by atoms with Crippen molar-refractivity contribution in [1.29, 1.82) is 0 Å². The van der Waals surface area contributed by atoms with Crippen molar-refractivity contribution in [2.75, 3.05) is 0 Å². The zero-order valence-electron chi connectivity index (χ0n) is 10.5. The average molecular weight is 265 g/mol. The Morgan fingerprint density at radius 2 is 2.17 bits per heavy atom. The molecule has 96 valence electrons. The molecule has 0 aliphatic heterocycles. The highest BCUT2D eigenvalue weighted by molar-refractivity contribution is 7.13. The van der Waals surface area contributed by atoms with E-state index in [-0.39, 0.29) is 5.92 Å². The molecule has 0 saturated carbocycles. The molecule has 0 aliphatic carbocycles. The highest BCUT2D eigenvalue weighted by Gasteiger charge is 2.26. The molecule has 2 heterocycles. The van der Waals surface area contributed by atoms with Gasteiger partial charge >= 0.3 is 5.97 Å². The SMILES string of the molecule is Cc1ccc(-c2nc(C(C(=O)O)C(C)C)cs2)o1. The minimum absolute atomic E-state index is 0.00999. The lowest BCUT2D eigenvalue weighted by Crippen LogP contribution is -2.17. The molecule has 0 saturated heterocycles. The number of nitrogens with zero attached hydrogens (tertiary/aromatic N) is 1. The highest BCUT2D eigenvalue weighted by atomic mass is 32.1. The summed E-state index contributed by atoms with van der Waals surface area (Å²) in [4.78, 5) is 15.6. The summed E-state index contributed by atoms with van der Waals surface area (Å²) >= 11 is 1.41. The number of furan rings is 1. The van der Waals surface area contributed by atoms with Crippen LogP contribution < -0.4 is 0 Å². The third-order valence-corrected chi connectivity index (χ3v) is 3.60. The Balaban J connectivity index is 2.32. The Morgan fingerprint density at radius 3 is 2.67 bits per heavy atom. The molecule has 2 aromatic rings. The number of aryl methyl sites for hydroxylation is 1. The topological polar surface area (TPSA) is 63.3 Å². The Hall–Kier alpha value is -1.62. The van der Waals surface area contributed by atoms with Crippen LogP contribution in [0.15, 0.2) is 21.9 Å². The van der Waals surface area contributed by atoms with Crippen LogP contribution in [-0.4, -0.2) is 16.1 Å². The van der Waals surface area contributed by atoms with E-state index < -0.39 is 11.9 Å². The van der Waals surface area contributed by atoms with Crippen molar-refractivity contribution in [2.45, 2.75) is 26.7 Å². The maximum absolute atomic E-state index is 11.2. The van der Waals surface area contributed by atoms with Crippen molar-refractivity contribution in [3.8, 4) is 10.8 Å². The van der Waals surface area contributed by atoms with Gasteiger partial charge in [0.15, 0.2) is 10.8 Å². The standard InChI is InChI=1S/C13H15NO3S/c1-7(2)11(13(15)16)9-6-18-12(14-9)10-5-4-8(3)17-10/h4-7,11H,1-3H3,(H,15,16). The molecule has 1 N–H and O–H groups in total. The second-order valence-electron chi connectivity index (χ2n) is 4.55. The van der Waals surface area contributed by atoms with Crippen LogP contribution in [-0.2, 0) is 4.79 Å². The summed E-state index contributed by atoms with van der Waals surface area (Å²) < 4.78 is 5.48. The average Bonchev–Trinajstić information content (AvgIpc) is 2.85. The minimum atomic E-state index is -0.836. The fourth-order valence-corrected chi connectivity index (χ4v) is 2.66. The Bertz CT molecular complexity index is 556. The van der Waals surface area contributed by atoms with Gasteiger partial charge in [-0.05, 0) is 25.0 Å².